The standard InChI is InChI=1S/C15H20N6O/c1-11(14-19-17-10-20(14)2)18-15(22)21-9-3-4-13(21)12-5-7-16-8-6-12/h5-8,10-11,13H,3-4,9H2,1-2H3,(H,18,22). The molecule has 0 aromatic carbocycles. The van der Waals surface area contributed by atoms with Crippen LogP contribution < -0.4 is 5.32 Å². The Morgan fingerprint density at radius 3 is 2.86 bits per heavy atom. The Morgan fingerprint density at radius 2 is 2.18 bits per heavy atom. The third kappa shape index (κ3) is 2.79. The van der Waals surface area contributed by atoms with Gasteiger partial charge in [-0.1, -0.05) is 0 Å². The number of likely N-dealkylation sites (tertiary alicyclic amines) is 1. The maximum Gasteiger partial charge on any atom is 0.318 e. The monoisotopic (exact) mass is 300 g/mol. The minimum absolute atomic E-state index is 0.0604. The number of rotatable bonds is 3. The number of nitrogens with one attached hydrogen (secondary N) is 1. The average Bonchev–Trinajstić information content (AvgIpc) is 3.16. The van der Waals surface area contributed by atoms with Crippen molar-refractivity contribution in [2.24, 2.45) is 7.05 Å². The molecule has 1 saturated heterocycles. The van der Waals surface area contributed by atoms with Crippen molar-refractivity contribution < 1.29 is 4.79 Å². The molecule has 0 radical (unpaired) electrons. The van der Waals surface area contributed by atoms with E-state index in [0.717, 1.165) is 30.8 Å². The summed E-state index contributed by atoms with van der Waals surface area (Å²) >= 11 is 0. The largest absolute Gasteiger partial charge is 0.328 e. The Kier molecular flexibility index (Phi) is 4.04. The molecule has 116 valence electrons. The smallest absolute Gasteiger partial charge is 0.318 e. The van der Waals surface area contributed by atoms with E-state index in [1.165, 1.54) is 0 Å². The first kappa shape index (κ1) is 14.5. The predicted molar refractivity (Wildman–Crippen MR) is 80.9 cm³/mol. The number of amides is 2. The van der Waals surface area contributed by atoms with Crippen molar-refractivity contribution in [1.82, 2.24) is 30.0 Å². The van der Waals surface area contributed by atoms with Crippen molar-refractivity contribution in [2.75, 3.05) is 6.54 Å². The molecular formula is C15H20N6O. The van der Waals surface area contributed by atoms with E-state index in [-0.39, 0.29) is 18.1 Å². The molecule has 1 fully saturated rings. The topological polar surface area (TPSA) is 75.9 Å². The zero-order valence-electron chi connectivity index (χ0n) is 12.8. The summed E-state index contributed by atoms with van der Waals surface area (Å²) in [6.45, 7) is 2.68. The Bertz CT molecular complexity index is 640. The highest BCUT2D eigenvalue weighted by molar-refractivity contribution is 5.75. The second-order valence-electron chi connectivity index (χ2n) is 5.60. The minimum Gasteiger partial charge on any atom is -0.328 e. The molecule has 3 heterocycles. The summed E-state index contributed by atoms with van der Waals surface area (Å²) in [6.07, 6.45) is 7.17. The third-order valence-corrected chi connectivity index (χ3v) is 4.08. The lowest BCUT2D eigenvalue weighted by molar-refractivity contribution is 0.189. The molecule has 7 heteroatoms. The van der Waals surface area contributed by atoms with E-state index in [9.17, 15) is 4.79 Å². The Morgan fingerprint density at radius 1 is 1.41 bits per heavy atom. The molecule has 3 rings (SSSR count). The van der Waals surface area contributed by atoms with Gasteiger partial charge in [-0.15, -0.1) is 10.2 Å². The molecular weight excluding hydrogens is 280 g/mol. The molecule has 2 atom stereocenters. The second-order valence-corrected chi connectivity index (χ2v) is 5.60. The van der Waals surface area contributed by atoms with Gasteiger partial charge in [0, 0.05) is 26.0 Å². The Balaban J connectivity index is 1.70. The van der Waals surface area contributed by atoms with Crippen LogP contribution >= 0.6 is 0 Å². The van der Waals surface area contributed by atoms with Gasteiger partial charge in [-0.3, -0.25) is 4.98 Å². The first-order valence-corrected chi connectivity index (χ1v) is 7.48. The van der Waals surface area contributed by atoms with E-state index in [1.807, 2.05) is 35.6 Å². The van der Waals surface area contributed by atoms with Gasteiger partial charge in [0.15, 0.2) is 5.82 Å². The third-order valence-electron chi connectivity index (χ3n) is 4.08. The number of hydrogen-bond donors (Lipinski definition) is 1. The van der Waals surface area contributed by atoms with Gasteiger partial charge in [-0.25, -0.2) is 4.79 Å². The number of nitrogens with zero attached hydrogens (tertiary/aromatic N) is 5. The highest BCUT2D eigenvalue weighted by atomic mass is 16.2. The van der Waals surface area contributed by atoms with E-state index in [0.29, 0.717) is 0 Å². The summed E-state index contributed by atoms with van der Waals surface area (Å²) in [5, 5.41) is 10.9. The molecule has 1 aliphatic rings. The van der Waals surface area contributed by atoms with Crippen LogP contribution in [0, 0.1) is 0 Å². The number of pyridine rings is 1. The lowest BCUT2D eigenvalue weighted by Crippen LogP contribution is -2.41. The van der Waals surface area contributed by atoms with Crippen LogP contribution in [0.15, 0.2) is 30.9 Å². The summed E-state index contributed by atoms with van der Waals surface area (Å²) in [7, 11) is 1.87. The van der Waals surface area contributed by atoms with Crippen LogP contribution in [-0.4, -0.2) is 37.2 Å². The Hall–Kier alpha value is -2.44. The molecule has 2 aromatic heterocycles. The van der Waals surface area contributed by atoms with Gasteiger partial charge in [0.25, 0.3) is 0 Å². The van der Waals surface area contributed by atoms with Gasteiger partial charge in [-0.05, 0) is 37.5 Å². The van der Waals surface area contributed by atoms with Gasteiger partial charge in [0.2, 0.25) is 0 Å². The van der Waals surface area contributed by atoms with E-state index >= 15 is 0 Å². The quantitative estimate of drug-likeness (QED) is 0.938. The van der Waals surface area contributed by atoms with Crippen LogP contribution in [0.2, 0.25) is 0 Å². The second kappa shape index (κ2) is 6.13. The SMILES string of the molecule is CC(NC(=O)N1CCCC1c1ccncc1)c1nncn1C. The summed E-state index contributed by atoms with van der Waals surface area (Å²) < 4.78 is 1.81. The molecule has 1 aliphatic heterocycles. The fraction of sp³-hybridized carbons (Fsp3) is 0.467. The molecule has 2 aromatic rings. The molecule has 22 heavy (non-hydrogen) atoms. The van der Waals surface area contributed by atoms with Crippen LogP contribution in [-0.2, 0) is 7.05 Å². The normalized spacial score (nSPS) is 19.2. The number of urea groups is 1. The molecule has 2 amide bonds. The van der Waals surface area contributed by atoms with Gasteiger partial charge < -0.3 is 14.8 Å². The van der Waals surface area contributed by atoms with Crippen LogP contribution in [0.25, 0.3) is 0 Å². The summed E-state index contributed by atoms with van der Waals surface area (Å²) in [6, 6.07) is 3.83. The number of aryl methyl sites for hydroxylation is 1. The molecule has 7 nitrogen and oxygen atoms in total. The van der Waals surface area contributed by atoms with E-state index < -0.39 is 0 Å². The maximum absolute atomic E-state index is 12.6. The minimum atomic E-state index is -0.182. The van der Waals surface area contributed by atoms with Crippen LogP contribution in [0.4, 0.5) is 4.79 Å². The number of carbonyl (C=O) groups is 1. The van der Waals surface area contributed by atoms with Gasteiger partial charge in [0.1, 0.15) is 6.33 Å². The zero-order valence-corrected chi connectivity index (χ0v) is 12.8. The lowest BCUT2D eigenvalue weighted by atomic mass is 10.1. The van der Waals surface area contributed by atoms with Crippen molar-refractivity contribution in [1.29, 1.82) is 0 Å². The van der Waals surface area contributed by atoms with Gasteiger partial charge in [0.05, 0.1) is 12.1 Å². The molecule has 0 saturated carbocycles. The van der Waals surface area contributed by atoms with Crippen LogP contribution in [0.5, 0.6) is 0 Å². The summed E-state index contributed by atoms with van der Waals surface area (Å²) in [5.41, 5.74) is 1.13. The molecule has 0 spiro atoms. The molecule has 0 aliphatic carbocycles. The van der Waals surface area contributed by atoms with E-state index in [2.05, 4.69) is 20.5 Å². The Labute approximate surface area is 129 Å². The van der Waals surface area contributed by atoms with Crippen LogP contribution in [0.1, 0.15) is 43.2 Å². The zero-order chi connectivity index (χ0) is 15.5. The van der Waals surface area contributed by atoms with E-state index in [4.69, 9.17) is 0 Å². The van der Waals surface area contributed by atoms with Crippen molar-refractivity contribution in [3.63, 3.8) is 0 Å². The number of carbonyl (C=O) groups excluding carboxylic acids is 1. The average molecular weight is 300 g/mol. The summed E-state index contributed by atoms with van der Waals surface area (Å²) in [5.74, 6) is 0.744. The van der Waals surface area contributed by atoms with Gasteiger partial charge >= 0.3 is 6.03 Å². The fourth-order valence-electron chi connectivity index (χ4n) is 2.96. The molecule has 0 bridgehead atoms. The van der Waals surface area contributed by atoms with Crippen molar-refractivity contribution in [3.05, 3.63) is 42.2 Å². The first-order chi connectivity index (χ1) is 10.7. The van der Waals surface area contributed by atoms with Crippen LogP contribution in [0.3, 0.4) is 0 Å². The first-order valence-electron chi connectivity index (χ1n) is 7.48. The van der Waals surface area contributed by atoms with Crippen molar-refractivity contribution in [3.8, 4) is 0 Å². The van der Waals surface area contributed by atoms with Crippen molar-refractivity contribution in [2.45, 2.75) is 31.8 Å². The maximum atomic E-state index is 12.6. The van der Waals surface area contributed by atoms with Crippen molar-refractivity contribution >= 4 is 6.03 Å². The number of aromatic nitrogens is 4. The summed E-state index contributed by atoms with van der Waals surface area (Å²) in [4.78, 5) is 18.5. The lowest BCUT2D eigenvalue weighted by Gasteiger charge is -2.26. The highest BCUT2D eigenvalue weighted by Crippen LogP contribution is 2.31. The molecule has 1 N–H and O–H groups in total. The predicted octanol–water partition coefficient (Wildman–Crippen LogP) is 1.82. The fourth-order valence-corrected chi connectivity index (χ4v) is 2.96. The highest BCUT2D eigenvalue weighted by Gasteiger charge is 2.31. The number of hydrogen-bond acceptors (Lipinski definition) is 4. The van der Waals surface area contributed by atoms with E-state index in [1.54, 1.807) is 18.7 Å². The molecule has 2 unspecified atom stereocenters. The van der Waals surface area contributed by atoms with Gasteiger partial charge in [-0.2, -0.15) is 0 Å².